The van der Waals surface area contributed by atoms with Crippen molar-refractivity contribution in [2.24, 2.45) is 0 Å². The summed E-state index contributed by atoms with van der Waals surface area (Å²) < 4.78 is 10.5. The number of carbonyl (C=O) groups is 1. The van der Waals surface area contributed by atoms with Crippen molar-refractivity contribution in [1.82, 2.24) is 5.32 Å². The van der Waals surface area contributed by atoms with E-state index in [2.05, 4.69) is 5.32 Å². The van der Waals surface area contributed by atoms with E-state index in [0.29, 0.717) is 13.0 Å². The molecule has 0 aromatic rings. The fourth-order valence-corrected chi connectivity index (χ4v) is 2.40. The Labute approximate surface area is 97.7 Å². The molecule has 4 heteroatoms. The van der Waals surface area contributed by atoms with Gasteiger partial charge in [-0.05, 0) is 33.6 Å². The van der Waals surface area contributed by atoms with Crippen LogP contribution >= 0.6 is 0 Å². The standard InChI is InChI=1S/C12H23NO3/c1-5-16-11(14)12(13-9(2)3)7-6-10(8-12)15-4/h9-10,13H,5-8H2,1-4H3. The highest BCUT2D eigenvalue weighted by molar-refractivity contribution is 5.81. The predicted molar refractivity (Wildman–Crippen MR) is 62.3 cm³/mol. The average Bonchev–Trinajstić information content (AvgIpc) is 2.62. The van der Waals surface area contributed by atoms with E-state index in [1.165, 1.54) is 0 Å². The van der Waals surface area contributed by atoms with E-state index in [9.17, 15) is 4.79 Å². The van der Waals surface area contributed by atoms with Crippen LogP contribution in [0.5, 0.6) is 0 Å². The maximum absolute atomic E-state index is 12.0. The molecule has 1 saturated carbocycles. The van der Waals surface area contributed by atoms with Gasteiger partial charge >= 0.3 is 5.97 Å². The molecule has 0 heterocycles. The minimum absolute atomic E-state index is 0.136. The second-order valence-electron chi connectivity index (χ2n) is 4.70. The highest BCUT2D eigenvalue weighted by atomic mass is 16.5. The molecule has 0 aromatic carbocycles. The van der Waals surface area contributed by atoms with Crippen molar-refractivity contribution < 1.29 is 14.3 Å². The lowest BCUT2D eigenvalue weighted by Crippen LogP contribution is -2.54. The second-order valence-corrected chi connectivity index (χ2v) is 4.70. The molecule has 1 fully saturated rings. The van der Waals surface area contributed by atoms with Gasteiger partial charge in [0.1, 0.15) is 5.54 Å². The Morgan fingerprint density at radius 2 is 2.25 bits per heavy atom. The summed E-state index contributed by atoms with van der Waals surface area (Å²) in [7, 11) is 1.70. The molecule has 1 aliphatic carbocycles. The normalized spacial score (nSPS) is 29.7. The average molecular weight is 229 g/mol. The van der Waals surface area contributed by atoms with Crippen LogP contribution in [0.15, 0.2) is 0 Å². The monoisotopic (exact) mass is 229 g/mol. The smallest absolute Gasteiger partial charge is 0.326 e. The largest absolute Gasteiger partial charge is 0.465 e. The minimum atomic E-state index is -0.537. The predicted octanol–water partition coefficient (Wildman–Crippen LogP) is 1.49. The molecule has 1 N–H and O–H groups in total. The van der Waals surface area contributed by atoms with Gasteiger partial charge in [0.15, 0.2) is 0 Å². The first-order valence-electron chi connectivity index (χ1n) is 6.01. The van der Waals surface area contributed by atoms with Gasteiger partial charge in [0.2, 0.25) is 0 Å². The summed E-state index contributed by atoms with van der Waals surface area (Å²) in [6.07, 6.45) is 2.58. The van der Waals surface area contributed by atoms with E-state index < -0.39 is 5.54 Å². The zero-order chi connectivity index (χ0) is 12.2. The van der Waals surface area contributed by atoms with Crippen LogP contribution in [0, 0.1) is 0 Å². The molecule has 1 aliphatic rings. The number of esters is 1. The van der Waals surface area contributed by atoms with Crippen LogP contribution < -0.4 is 5.32 Å². The van der Waals surface area contributed by atoms with Crippen molar-refractivity contribution in [3.8, 4) is 0 Å². The highest BCUT2D eigenvalue weighted by Gasteiger charge is 2.46. The molecule has 4 nitrogen and oxygen atoms in total. The van der Waals surface area contributed by atoms with Crippen LogP contribution in [-0.4, -0.2) is 37.4 Å². The third kappa shape index (κ3) is 2.95. The summed E-state index contributed by atoms with van der Waals surface area (Å²) in [5.41, 5.74) is -0.537. The maximum atomic E-state index is 12.0. The van der Waals surface area contributed by atoms with Gasteiger partial charge in [-0.25, -0.2) is 0 Å². The summed E-state index contributed by atoms with van der Waals surface area (Å²) in [6.45, 7) is 6.35. The summed E-state index contributed by atoms with van der Waals surface area (Å²) >= 11 is 0. The summed E-state index contributed by atoms with van der Waals surface area (Å²) in [4.78, 5) is 12.0. The fourth-order valence-electron chi connectivity index (χ4n) is 2.40. The summed E-state index contributed by atoms with van der Waals surface area (Å²) in [5.74, 6) is -0.136. The Morgan fingerprint density at radius 3 is 2.69 bits per heavy atom. The molecule has 0 amide bonds. The lowest BCUT2D eigenvalue weighted by Gasteiger charge is -2.30. The molecular weight excluding hydrogens is 206 g/mol. The van der Waals surface area contributed by atoms with Gasteiger partial charge in [-0.15, -0.1) is 0 Å². The van der Waals surface area contributed by atoms with Crippen molar-refractivity contribution in [2.75, 3.05) is 13.7 Å². The molecule has 2 unspecified atom stereocenters. The number of ether oxygens (including phenoxy) is 2. The third-order valence-electron chi connectivity index (χ3n) is 3.03. The topological polar surface area (TPSA) is 47.6 Å². The Balaban J connectivity index is 2.74. The Morgan fingerprint density at radius 1 is 1.56 bits per heavy atom. The van der Waals surface area contributed by atoms with Crippen molar-refractivity contribution in [3.05, 3.63) is 0 Å². The van der Waals surface area contributed by atoms with Gasteiger partial charge in [-0.1, -0.05) is 0 Å². The summed E-state index contributed by atoms with van der Waals surface area (Å²) in [6, 6.07) is 0.264. The van der Waals surface area contributed by atoms with Gasteiger partial charge in [0, 0.05) is 19.6 Å². The van der Waals surface area contributed by atoms with E-state index in [0.717, 1.165) is 12.8 Å². The second kappa shape index (κ2) is 5.64. The molecule has 16 heavy (non-hydrogen) atoms. The molecule has 0 radical (unpaired) electrons. The van der Waals surface area contributed by atoms with Crippen LogP contribution in [0.3, 0.4) is 0 Å². The van der Waals surface area contributed by atoms with Crippen LogP contribution in [0.1, 0.15) is 40.0 Å². The van der Waals surface area contributed by atoms with Crippen molar-refractivity contribution in [2.45, 2.75) is 57.7 Å². The first-order valence-corrected chi connectivity index (χ1v) is 6.01. The van der Waals surface area contributed by atoms with E-state index >= 15 is 0 Å². The van der Waals surface area contributed by atoms with Gasteiger partial charge in [-0.3, -0.25) is 10.1 Å². The first kappa shape index (κ1) is 13.5. The van der Waals surface area contributed by atoms with Crippen LogP contribution in [0.2, 0.25) is 0 Å². The van der Waals surface area contributed by atoms with Gasteiger partial charge in [-0.2, -0.15) is 0 Å². The third-order valence-corrected chi connectivity index (χ3v) is 3.03. The van der Waals surface area contributed by atoms with Crippen molar-refractivity contribution in [1.29, 1.82) is 0 Å². The summed E-state index contributed by atoms with van der Waals surface area (Å²) in [5, 5.41) is 3.35. The van der Waals surface area contributed by atoms with Gasteiger partial charge in [0.05, 0.1) is 12.7 Å². The molecule has 1 rings (SSSR count). The zero-order valence-electron chi connectivity index (χ0n) is 10.7. The zero-order valence-corrected chi connectivity index (χ0v) is 10.7. The number of hydrogen-bond acceptors (Lipinski definition) is 4. The van der Waals surface area contributed by atoms with Crippen molar-refractivity contribution in [3.63, 3.8) is 0 Å². The highest BCUT2D eigenvalue weighted by Crippen LogP contribution is 2.33. The van der Waals surface area contributed by atoms with Crippen LogP contribution in [0.25, 0.3) is 0 Å². The molecule has 0 saturated heterocycles. The molecule has 2 atom stereocenters. The number of carbonyl (C=O) groups excluding carboxylic acids is 1. The van der Waals surface area contributed by atoms with Crippen LogP contribution in [-0.2, 0) is 14.3 Å². The van der Waals surface area contributed by atoms with E-state index in [4.69, 9.17) is 9.47 Å². The van der Waals surface area contributed by atoms with Crippen molar-refractivity contribution >= 4 is 5.97 Å². The lowest BCUT2D eigenvalue weighted by molar-refractivity contribution is -0.151. The Kier molecular flexibility index (Phi) is 4.74. The lowest BCUT2D eigenvalue weighted by atomic mass is 9.96. The number of hydrogen-bond donors (Lipinski definition) is 1. The van der Waals surface area contributed by atoms with Gasteiger partial charge < -0.3 is 9.47 Å². The molecular formula is C12H23NO3. The molecule has 0 aromatic heterocycles. The fraction of sp³-hybridized carbons (Fsp3) is 0.917. The molecule has 0 bridgehead atoms. The van der Waals surface area contributed by atoms with Gasteiger partial charge in [0.25, 0.3) is 0 Å². The Bertz CT molecular complexity index is 242. The Hall–Kier alpha value is -0.610. The first-order chi connectivity index (χ1) is 7.54. The quantitative estimate of drug-likeness (QED) is 0.725. The molecule has 94 valence electrons. The number of methoxy groups -OCH3 is 1. The van der Waals surface area contributed by atoms with Crippen LogP contribution in [0.4, 0.5) is 0 Å². The van der Waals surface area contributed by atoms with E-state index in [1.807, 2.05) is 20.8 Å². The molecule has 0 spiro atoms. The maximum Gasteiger partial charge on any atom is 0.326 e. The van der Waals surface area contributed by atoms with E-state index in [1.54, 1.807) is 7.11 Å². The number of rotatable bonds is 5. The SMILES string of the molecule is CCOC(=O)C1(NC(C)C)CCC(OC)C1. The molecule has 0 aliphatic heterocycles. The minimum Gasteiger partial charge on any atom is -0.465 e. The number of nitrogens with one attached hydrogen (secondary N) is 1. The van der Waals surface area contributed by atoms with E-state index in [-0.39, 0.29) is 18.1 Å².